The second-order valence-corrected chi connectivity index (χ2v) is 5.36. The van der Waals surface area contributed by atoms with E-state index < -0.39 is 30.0 Å². The monoisotopic (exact) mass is 385 g/mol. The topological polar surface area (TPSA) is 63.2 Å². The van der Waals surface area contributed by atoms with Gasteiger partial charge in [0.15, 0.2) is 10.8 Å². The largest absolute Gasteiger partial charge is 0.573 e. The van der Waals surface area contributed by atoms with E-state index in [4.69, 9.17) is 0 Å². The van der Waals surface area contributed by atoms with Gasteiger partial charge in [0.05, 0.1) is 0 Å². The predicted octanol–water partition coefficient (Wildman–Crippen LogP) is 4.38. The molecule has 0 fully saturated rings. The van der Waals surface area contributed by atoms with Crippen LogP contribution in [-0.2, 0) is 12.7 Å². The van der Waals surface area contributed by atoms with E-state index in [1.165, 1.54) is 18.2 Å². The number of thiazole rings is 1. The third-order valence-electron chi connectivity index (χ3n) is 2.65. The molecule has 1 aromatic carbocycles. The standard InChI is InChI=1S/C13H9F6N3O2S/c14-12(15,16)9-6-25-11(21-9)22-10(23)20-5-7-3-1-2-4-8(7)24-13(17,18)19/h1-4,6H,5H2,(H2,20,21,22,23). The Kier molecular flexibility index (Phi) is 5.40. The molecule has 2 N–H and O–H groups in total. The molecule has 0 aliphatic carbocycles. The van der Waals surface area contributed by atoms with Crippen LogP contribution in [0.4, 0.5) is 36.3 Å². The first-order valence-electron chi connectivity index (χ1n) is 6.46. The normalized spacial score (nSPS) is 11.9. The SMILES string of the molecule is O=C(NCc1ccccc1OC(F)(F)F)Nc1nc(C(F)(F)F)cs1. The number of ether oxygens (including phenoxy) is 1. The van der Waals surface area contributed by atoms with Crippen molar-refractivity contribution in [2.24, 2.45) is 0 Å². The zero-order valence-corrected chi connectivity index (χ0v) is 12.9. The molecule has 0 atom stereocenters. The van der Waals surface area contributed by atoms with E-state index in [0.29, 0.717) is 11.3 Å². The van der Waals surface area contributed by atoms with Gasteiger partial charge in [-0.15, -0.1) is 24.5 Å². The minimum Gasteiger partial charge on any atom is -0.405 e. The van der Waals surface area contributed by atoms with Crippen molar-refractivity contribution in [3.63, 3.8) is 0 Å². The number of para-hydroxylation sites is 1. The smallest absolute Gasteiger partial charge is 0.405 e. The summed E-state index contributed by atoms with van der Waals surface area (Å²) < 4.78 is 77.9. The van der Waals surface area contributed by atoms with Crippen LogP contribution in [0.15, 0.2) is 29.6 Å². The molecule has 0 aliphatic heterocycles. The Morgan fingerprint density at radius 2 is 1.84 bits per heavy atom. The van der Waals surface area contributed by atoms with E-state index in [1.54, 1.807) is 0 Å². The van der Waals surface area contributed by atoms with Crippen molar-refractivity contribution >= 4 is 22.5 Å². The van der Waals surface area contributed by atoms with Crippen molar-refractivity contribution in [3.05, 3.63) is 40.9 Å². The van der Waals surface area contributed by atoms with Gasteiger partial charge in [0, 0.05) is 17.5 Å². The van der Waals surface area contributed by atoms with Gasteiger partial charge in [-0.3, -0.25) is 5.32 Å². The number of nitrogens with one attached hydrogen (secondary N) is 2. The van der Waals surface area contributed by atoms with Gasteiger partial charge < -0.3 is 10.1 Å². The molecule has 0 aliphatic rings. The molecule has 0 saturated heterocycles. The number of amides is 2. The highest BCUT2D eigenvalue weighted by atomic mass is 32.1. The average Bonchev–Trinajstić information content (AvgIpc) is 2.93. The van der Waals surface area contributed by atoms with E-state index in [1.807, 2.05) is 0 Å². The lowest BCUT2D eigenvalue weighted by atomic mass is 10.2. The van der Waals surface area contributed by atoms with Crippen molar-refractivity contribution in [2.45, 2.75) is 19.1 Å². The molecule has 0 saturated carbocycles. The molecular weight excluding hydrogens is 376 g/mol. The van der Waals surface area contributed by atoms with Gasteiger partial charge in [-0.1, -0.05) is 18.2 Å². The maximum atomic E-state index is 12.4. The molecule has 12 heteroatoms. The van der Waals surface area contributed by atoms with Gasteiger partial charge in [0.25, 0.3) is 0 Å². The van der Waals surface area contributed by atoms with Crippen LogP contribution in [-0.4, -0.2) is 17.4 Å². The number of hydrogen-bond donors (Lipinski definition) is 2. The molecule has 0 bridgehead atoms. The minimum atomic E-state index is -4.90. The summed E-state index contributed by atoms with van der Waals surface area (Å²) in [6.07, 6.45) is -9.53. The van der Waals surface area contributed by atoms with Crippen LogP contribution in [0.1, 0.15) is 11.3 Å². The van der Waals surface area contributed by atoms with Gasteiger partial charge in [0.1, 0.15) is 5.75 Å². The number of aromatic nitrogens is 1. The van der Waals surface area contributed by atoms with E-state index in [-0.39, 0.29) is 17.2 Å². The van der Waals surface area contributed by atoms with E-state index >= 15 is 0 Å². The fourth-order valence-corrected chi connectivity index (χ4v) is 2.36. The summed E-state index contributed by atoms with van der Waals surface area (Å²) in [7, 11) is 0. The summed E-state index contributed by atoms with van der Waals surface area (Å²) in [5.41, 5.74) is -1.12. The lowest BCUT2D eigenvalue weighted by Crippen LogP contribution is -2.28. The Bertz CT molecular complexity index is 744. The summed E-state index contributed by atoms with van der Waals surface area (Å²) in [5, 5.41) is 4.70. The Morgan fingerprint density at radius 3 is 2.44 bits per heavy atom. The predicted molar refractivity (Wildman–Crippen MR) is 76.1 cm³/mol. The van der Waals surface area contributed by atoms with E-state index in [0.717, 1.165) is 11.4 Å². The summed E-state index contributed by atoms with van der Waals surface area (Å²) in [5.74, 6) is -0.496. The third kappa shape index (κ3) is 5.81. The quantitative estimate of drug-likeness (QED) is 0.768. The van der Waals surface area contributed by atoms with Crippen LogP contribution in [0.2, 0.25) is 0 Å². The first-order chi connectivity index (χ1) is 11.5. The maximum Gasteiger partial charge on any atom is 0.573 e. The number of benzene rings is 1. The van der Waals surface area contributed by atoms with Crippen molar-refractivity contribution in [3.8, 4) is 5.75 Å². The zero-order chi connectivity index (χ0) is 18.7. The number of hydrogen-bond acceptors (Lipinski definition) is 4. The number of halogens is 6. The number of rotatable bonds is 4. The molecule has 1 heterocycles. The van der Waals surface area contributed by atoms with Gasteiger partial charge in [0.2, 0.25) is 0 Å². The Labute approximate surface area is 140 Å². The van der Waals surface area contributed by atoms with Crippen molar-refractivity contribution < 1.29 is 35.9 Å². The lowest BCUT2D eigenvalue weighted by Gasteiger charge is -2.13. The summed E-state index contributed by atoms with van der Waals surface area (Å²) >= 11 is 0.561. The number of carbonyl (C=O) groups excluding carboxylic acids is 1. The molecule has 136 valence electrons. The van der Waals surface area contributed by atoms with Crippen LogP contribution in [0.25, 0.3) is 0 Å². The average molecular weight is 385 g/mol. The molecular formula is C13H9F6N3O2S. The molecule has 1 aromatic heterocycles. The molecule has 0 unspecified atom stereocenters. The van der Waals surface area contributed by atoms with Crippen LogP contribution < -0.4 is 15.4 Å². The van der Waals surface area contributed by atoms with E-state index in [9.17, 15) is 31.1 Å². The number of urea groups is 1. The van der Waals surface area contributed by atoms with Crippen molar-refractivity contribution in [1.29, 1.82) is 0 Å². The molecule has 2 rings (SSSR count). The zero-order valence-electron chi connectivity index (χ0n) is 12.0. The third-order valence-corrected chi connectivity index (χ3v) is 3.41. The summed E-state index contributed by atoms with van der Waals surface area (Å²) in [6, 6.07) is 4.20. The second kappa shape index (κ2) is 7.17. The first kappa shape index (κ1) is 18.8. The molecule has 25 heavy (non-hydrogen) atoms. The van der Waals surface area contributed by atoms with Crippen molar-refractivity contribution in [2.75, 3.05) is 5.32 Å². The van der Waals surface area contributed by atoms with Crippen LogP contribution in [0, 0.1) is 0 Å². The van der Waals surface area contributed by atoms with Gasteiger partial charge >= 0.3 is 18.6 Å². The fraction of sp³-hybridized carbons (Fsp3) is 0.231. The highest BCUT2D eigenvalue weighted by molar-refractivity contribution is 7.13. The Hall–Kier alpha value is -2.50. The van der Waals surface area contributed by atoms with E-state index in [2.05, 4.69) is 20.4 Å². The molecule has 0 spiro atoms. The van der Waals surface area contributed by atoms with Gasteiger partial charge in [-0.05, 0) is 6.07 Å². The van der Waals surface area contributed by atoms with Crippen LogP contribution in [0.5, 0.6) is 5.75 Å². The summed E-state index contributed by atoms with van der Waals surface area (Å²) in [4.78, 5) is 14.8. The Morgan fingerprint density at radius 1 is 1.16 bits per heavy atom. The molecule has 2 amide bonds. The summed E-state index contributed by atoms with van der Waals surface area (Å²) in [6.45, 7) is -0.338. The van der Waals surface area contributed by atoms with Crippen LogP contribution >= 0.6 is 11.3 Å². The fourth-order valence-electron chi connectivity index (χ4n) is 1.65. The maximum absolute atomic E-state index is 12.4. The molecule has 0 radical (unpaired) electrons. The first-order valence-corrected chi connectivity index (χ1v) is 7.34. The highest BCUT2D eigenvalue weighted by Gasteiger charge is 2.34. The van der Waals surface area contributed by atoms with Gasteiger partial charge in [-0.25, -0.2) is 9.78 Å². The number of nitrogens with zero attached hydrogens (tertiary/aromatic N) is 1. The molecule has 2 aromatic rings. The number of carbonyl (C=O) groups is 1. The number of anilines is 1. The van der Waals surface area contributed by atoms with Crippen LogP contribution in [0.3, 0.4) is 0 Å². The van der Waals surface area contributed by atoms with Crippen molar-refractivity contribution in [1.82, 2.24) is 10.3 Å². The second-order valence-electron chi connectivity index (χ2n) is 4.50. The minimum absolute atomic E-state index is 0.0325. The highest BCUT2D eigenvalue weighted by Crippen LogP contribution is 2.31. The molecule has 5 nitrogen and oxygen atoms in total. The Balaban J connectivity index is 1.95. The lowest BCUT2D eigenvalue weighted by molar-refractivity contribution is -0.274. The van der Waals surface area contributed by atoms with Gasteiger partial charge in [-0.2, -0.15) is 13.2 Å². The number of alkyl halides is 6.